The second-order valence-corrected chi connectivity index (χ2v) is 14.3. The molecule has 0 aromatic rings. The summed E-state index contributed by atoms with van der Waals surface area (Å²) in [7, 11) is 0. The van der Waals surface area contributed by atoms with Gasteiger partial charge in [-0.15, -0.1) is 0 Å². The highest BCUT2D eigenvalue weighted by molar-refractivity contribution is 5.66. The van der Waals surface area contributed by atoms with Crippen molar-refractivity contribution in [1.82, 2.24) is 0 Å². The van der Waals surface area contributed by atoms with Crippen LogP contribution in [0.2, 0.25) is 0 Å². The van der Waals surface area contributed by atoms with E-state index in [1.807, 2.05) is 0 Å². The summed E-state index contributed by atoms with van der Waals surface area (Å²) in [4.78, 5) is 11.8. The largest absolute Gasteiger partial charge is 0.462 e. The van der Waals surface area contributed by atoms with Crippen LogP contribution in [0.15, 0.2) is 35.5 Å². The van der Waals surface area contributed by atoms with Gasteiger partial charge < -0.3 is 4.74 Å². The molecule has 4 aliphatic rings. The number of esters is 1. The molecule has 2 saturated carbocycles. The maximum absolute atomic E-state index is 11.8. The third kappa shape index (κ3) is 4.00. The van der Waals surface area contributed by atoms with Gasteiger partial charge in [0.1, 0.15) is 6.10 Å². The number of hydrogen-bond acceptors (Lipinski definition) is 2. The van der Waals surface area contributed by atoms with E-state index in [4.69, 9.17) is 4.74 Å². The molecule has 4 aliphatic carbocycles. The maximum Gasteiger partial charge on any atom is 0.302 e. The van der Waals surface area contributed by atoms with Gasteiger partial charge in [0.15, 0.2) is 0 Å². The van der Waals surface area contributed by atoms with Crippen LogP contribution < -0.4 is 0 Å². The molecule has 7 atom stereocenters. The fraction of sp³-hybridized carbons (Fsp3) is 0.788. The van der Waals surface area contributed by atoms with Crippen LogP contribution in [0.25, 0.3) is 0 Å². The Morgan fingerprint density at radius 1 is 1.06 bits per heavy atom. The first-order valence-corrected chi connectivity index (χ1v) is 14.4. The third-order valence-electron chi connectivity index (χ3n) is 12.0. The minimum absolute atomic E-state index is 0.0191. The molecule has 0 heterocycles. The average molecular weight is 481 g/mol. The minimum atomic E-state index is -0.137. The van der Waals surface area contributed by atoms with E-state index in [9.17, 15) is 4.79 Å². The molecule has 0 unspecified atom stereocenters. The van der Waals surface area contributed by atoms with Crippen molar-refractivity contribution in [3.63, 3.8) is 0 Å². The van der Waals surface area contributed by atoms with Crippen LogP contribution in [0, 0.1) is 45.3 Å². The summed E-state index contributed by atoms with van der Waals surface area (Å²) in [6.07, 6.45) is 14.8. The Morgan fingerprint density at radius 3 is 2.37 bits per heavy atom. The molecule has 0 saturated heterocycles. The van der Waals surface area contributed by atoms with E-state index < -0.39 is 0 Å². The molecular weight excluding hydrogens is 428 g/mol. The molecule has 0 aromatic carbocycles. The normalized spacial score (nSPS) is 40.7. The van der Waals surface area contributed by atoms with E-state index in [2.05, 4.69) is 74.1 Å². The zero-order valence-electron chi connectivity index (χ0n) is 24.2. The van der Waals surface area contributed by atoms with Crippen molar-refractivity contribution >= 4 is 5.97 Å². The molecule has 0 aromatic heterocycles. The highest BCUT2D eigenvalue weighted by Crippen LogP contribution is 2.71. The van der Waals surface area contributed by atoms with Crippen molar-refractivity contribution in [2.45, 2.75) is 120 Å². The van der Waals surface area contributed by atoms with Gasteiger partial charge in [-0.2, -0.15) is 0 Å². The molecule has 0 aliphatic heterocycles. The fourth-order valence-corrected chi connectivity index (χ4v) is 9.24. The summed E-state index contributed by atoms with van der Waals surface area (Å²) in [6, 6.07) is 0. The van der Waals surface area contributed by atoms with Crippen LogP contribution in [-0.2, 0) is 9.53 Å². The molecule has 4 rings (SSSR count). The lowest BCUT2D eigenvalue weighted by Gasteiger charge is -2.61. The number of carbonyl (C=O) groups excluding carboxylic acids is 1. The van der Waals surface area contributed by atoms with Crippen LogP contribution in [0.5, 0.6) is 0 Å². The summed E-state index contributed by atoms with van der Waals surface area (Å²) in [5.74, 6) is 2.47. The summed E-state index contributed by atoms with van der Waals surface area (Å²) in [5.41, 5.74) is 5.47. The third-order valence-corrected chi connectivity index (χ3v) is 12.0. The number of ether oxygens (including phenoxy) is 1. The standard InChI is InChI=1S/C33H52O2/c1-21(2)22(3)11-12-23(4)25-15-19-33(10)27-13-14-28-30(6,7)29(35-24(5)34)17-18-31(28,8)26(27)16-20-32(25,33)9/h13,16,21,23,25,28-29H,3,11-12,14-15,17-20H2,1-2,4-10H3/t23-,25-,28+,29+,31-,32-,33+/m1/s1. The molecule has 35 heavy (non-hydrogen) atoms. The highest BCUT2D eigenvalue weighted by atomic mass is 16.5. The number of fused-ring (bicyclic) bond motifs is 5. The smallest absolute Gasteiger partial charge is 0.302 e. The van der Waals surface area contributed by atoms with Crippen molar-refractivity contribution < 1.29 is 9.53 Å². The lowest BCUT2D eigenvalue weighted by molar-refractivity contribution is -0.165. The second kappa shape index (κ2) is 8.91. The monoisotopic (exact) mass is 480 g/mol. The van der Waals surface area contributed by atoms with E-state index in [1.54, 1.807) is 18.1 Å². The van der Waals surface area contributed by atoms with Gasteiger partial charge >= 0.3 is 5.97 Å². The quantitative estimate of drug-likeness (QED) is 0.280. The second-order valence-electron chi connectivity index (χ2n) is 14.3. The van der Waals surface area contributed by atoms with Crippen LogP contribution in [0.4, 0.5) is 0 Å². The summed E-state index contributed by atoms with van der Waals surface area (Å²) in [5, 5.41) is 0. The molecule has 0 bridgehead atoms. The lowest BCUT2D eigenvalue weighted by Crippen LogP contribution is -2.55. The van der Waals surface area contributed by atoms with Gasteiger partial charge in [0, 0.05) is 12.3 Å². The molecule has 0 spiro atoms. The van der Waals surface area contributed by atoms with Gasteiger partial charge in [-0.05, 0) is 102 Å². The molecule has 0 amide bonds. The average Bonchev–Trinajstić information content (AvgIpc) is 3.05. The van der Waals surface area contributed by atoms with E-state index in [0.29, 0.717) is 17.3 Å². The summed E-state index contributed by atoms with van der Waals surface area (Å²) in [6.45, 7) is 25.4. The Bertz CT molecular complexity index is 935. The van der Waals surface area contributed by atoms with Gasteiger partial charge in [-0.1, -0.05) is 79.7 Å². The predicted molar refractivity (Wildman–Crippen MR) is 147 cm³/mol. The van der Waals surface area contributed by atoms with Crippen LogP contribution in [-0.4, -0.2) is 12.1 Å². The Morgan fingerprint density at radius 2 is 1.74 bits per heavy atom. The molecule has 2 heteroatoms. The Hall–Kier alpha value is -1.31. The van der Waals surface area contributed by atoms with Gasteiger partial charge in [0.05, 0.1) is 0 Å². The SMILES string of the molecule is C=C(CC[C@@H](C)[C@H]1CC[C@@]2(C)C3=CC[C@H]4C(C)(C)[C@@H](OC(C)=O)CC[C@]4(C)C3=CC[C@]12C)C(C)C. The molecular formula is C33H52O2. The zero-order valence-corrected chi connectivity index (χ0v) is 24.2. The van der Waals surface area contributed by atoms with Crippen molar-refractivity contribution in [2.75, 3.05) is 0 Å². The van der Waals surface area contributed by atoms with Crippen LogP contribution in [0.3, 0.4) is 0 Å². The van der Waals surface area contributed by atoms with E-state index in [0.717, 1.165) is 31.1 Å². The van der Waals surface area contributed by atoms with Gasteiger partial charge in [0.25, 0.3) is 0 Å². The predicted octanol–water partition coefficient (Wildman–Crippen LogP) is 9.07. The maximum atomic E-state index is 11.8. The number of hydrogen-bond donors (Lipinski definition) is 0. The Labute approximate surface area is 216 Å². The van der Waals surface area contributed by atoms with E-state index >= 15 is 0 Å². The van der Waals surface area contributed by atoms with E-state index in [1.165, 1.54) is 37.7 Å². The number of allylic oxidation sites excluding steroid dienone is 5. The minimum Gasteiger partial charge on any atom is -0.462 e. The first-order valence-electron chi connectivity index (χ1n) is 14.4. The van der Waals surface area contributed by atoms with Crippen molar-refractivity contribution in [1.29, 1.82) is 0 Å². The van der Waals surface area contributed by atoms with Crippen LogP contribution in [0.1, 0.15) is 114 Å². The van der Waals surface area contributed by atoms with Gasteiger partial charge in [-0.25, -0.2) is 0 Å². The molecule has 2 nitrogen and oxygen atoms in total. The topological polar surface area (TPSA) is 26.3 Å². The number of carbonyl (C=O) groups is 1. The fourth-order valence-electron chi connectivity index (χ4n) is 9.24. The van der Waals surface area contributed by atoms with E-state index in [-0.39, 0.29) is 28.3 Å². The van der Waals surface area contributed by atoms with Gasteiger partial charge in [-0.3, -0.25) is 4.79 Å². The zero-order chi connectivity index (χ0) is 26.0. The first-order chi connectivity index (χ1) is 16.2. The molecule has 2 fully saturated rings. The van der Waals surface area contributed by atoms with Crippen LogP contribution >= 0.6 is 0 Å². The van der Waals surface area contributed by atoms with Gasteiger partial charge in [0.2, 0.25) is 0 Å². The first kappa shape index (κ1) is 26.7. The Kier molecular flexibility index (Phi) is 6.81. The summed E-state index contributed by atoms with van der Waals surface area (Å²) >= 11 is 0. The molecule has 0 radical (unpaired) electrons. The van der Waals surface area contributed by atoms with Crippen molar-refractivity contribution in [3.05, 3.63) is 35.5 Å². The lowest BCUT2D eigenvalue weighted by atomic mass is 9.44. The van der Waals surface area contributed by atoms with Crippen molar-refractivity contribution in [3.8, 4) is 0 Å². The number of rotatable bonds is 6. The Balaban J connectivity index is 1.62. The van der Waals surface area contributed by atoms with Crippen molar-refractivity contribution in [2.24, 2.45) is 45.3 Å². The highest BCUT2D eigenvalue weighted by Gasteiger charge is 2.63. The summed E-state index contributed by atoms with van der Waals surface area (Å²) < 4.78 is 5.85. The molecule has 196 valence electrons. The molecule has 0 N–H and O–H groups in total.